The van der Waals surface area contributed by atoms with Gasteiger partial charge in [-0.25, -0.2) is 4.79 Å². The van der Waals surface area contributed by atoms with E-state index in [0.717, 1.165) is 0 Å². The highest BCUT2D eigenvalue weighted by atomic mass is 16.4. The Bertz CT molecular complexity index is 423. The van der Waals surface area contributed by atoms with E-state index in [4.69, 9.17) is 5.11 Å². The molecular weight excluding hydrogens is 220 g/mol. The molecule has 1 rings (SSSR count). The van der Waals surface area contributed by atoms with Crippen LogP contribution in [0.2, 0.25) is 0 Å². The van der Waals surface area contributed by atoms with E-state index in [1.807, 2.05) is 7.05 Å². The third kappa shape index (κ3) is 2.87. The van der Waals surface area contributed by atoms with Crippen LogP contribution in [-0.4, -0.2) is 39.5 Å². The molecule has 0 aromatic carbocycles. The van der Waals surface area contributed by atoms with Crippen molar-refractivity contribution >= 4 is 11.9 Å². The number of amides is 1. The van der Waals surface area contributed by atoms with Crippen molar-refractivity contribution in [2.75, 3.05) is 7.05 Å². The van der Waals surface area contributed by atoms with E-state index in [1.54, 1.807) is 36.9 Å². The fourth-order valence-corrected chi connectivity index (χ4v) is 1.86. The van der Waals surface area contributed by atoms with Gasteiger partial charge in [-0.2, -0.15) is 0 Å². The number of likely N-dealkylation sites (N-methyl/N-ethyl adjacent to an activating group) is 1. The lowest BCUT2D eigenvalue weighted by molar-refractivity contribution is -0.143. The van der Waals surface area contributed by atoms with E-state index in [1.165, 1.54) is 11.9 Å². The Morgan fingerprint density at radius 2 is 2.00 bits per heavy atom. The molecule has 94 valence electrons. The summed E-state index contributed by atoms with van der Waals surface area (Å²) in [5.41, 5.74) is 0.502. The standard InChI is InChI=1S/C12H18N2O3/c1-8(2)10(12(16)17)14(4)11(15)9-5-6-13(3)7-9/h5-8,10H,1-4H3,(H,16,17). The summed E-state index contributed by atoms with van der Waals surface area (Å²) < 4.78 is 1.76. The highest BCUT2D eigenvalue weighted by Gasteiger charge is 2.30. The fraction of sp³-hybridized carbons (Fsp3) is 0.500. The molecule has 1 unspecified atom stereocenters. The van der Waals surface area contributed by atoms with Crippen molar-refractivity contribution in [2.24, 2.45) is 13.0 Å². The van der Waals surface area contributed by atoms with Crippen LogP contribution >= 0.6 is 0 Å². The fourth-order valence-electron chi connectivity index (χ4n) is 1.86. The molecule has 0 saturated heterocycles. The first-order valence-electron chi connectivity index (χ1n) is 5.46. The van der Waals surface area contributed by atoms with Crippen LogP contribution in [0.5, 0.6) is 0 Å². The minimum atomic E-state index is -0.980. The maximum absolute atomic E-state index is 12.1. The van der Waals surface area contributed by atoms with Gasteiger partial charge in [0.2, 0.25) is 0 Å². The number of carboxylic acid groups (broad SMARTS) is 1. The van der Waals surface area contributed by atoms with Crippen LogP contribution in [0.4, 0.5) is 0 Å². The third-order valence-corrected chi connectivity index (χ3v) is 2.70. The van der Waals surface area contributed by atoms with Gasteiger partial charge in [0.05, 0.1) is 5.56 Å². The summed E-state index contributed by atoms with van der Waals surface area (Å²) in [6, 6.07) is 0.876. The number of rotatable bonds is 4. The zero-order valence-corrected chi connectivity index (χ0v) is 10.5. The maximum atomic E-state index is 12.1. The van der Waals surface area contributed by atoms with Crippen molar-refractivity contribution in [3.8, 4) is 0 Å². The van der Waals surface area contributed by atoms with Crippen molar-refractivity contribution in [1.29, 1.82) is 0 Å². The van der Waals surface area contributed by atoms with Crippen LogP contribution in [0.25, 0.3) is 0 Å². The Balaban J connectivity index is 2.91. The molecule has 0 aliphatic rings. The summed E-state index contributed by atoms with van der Waals surface area (Å²) in [4.78, 5) is 24.5. The summed E-state index contributed by atoms with van der Waals surface area (Å²) in [5, 5.41) is 9.12. The van der Waals surface area contributed by atoms with Crippen molar-refractivity contribution in [1.82, 2.24) is 9.47 Å². The number of aryl methyl sites for hydroxylation is 1. The van der Waals surface area contributed by atoms with Crippen molar-refractivity contribution < 1.29 is 14.7 Å². The first-order valence-corrected chi connectivity index (χ1v) is 5.46. The zero-order chi connectivity index (χ0) is 13.2. The molecule has 5 heteroatoms. The van der Waals surface area contributed by atoms with E-state index in [0.29, 0.717) is 5.56 Å². The smallest absolute Gasteiger partial charge is 0.326 e. The molecule has 1 amide bonds. The second kappa shape index (κ2) is 5.03. The van der Waals surface area contributed by atoms with Crippen LogP contribution in [0.1, 0.15) is 24.2 Å². The second-order valence-corrected chi connectivity index (χ2v) is 4.51. The molecule has 0 aliphatic heterocycles. The number of carbonyl (C=O) groups is 2. The van der Waals surface area contributed by atoms with Gasteiger partial charge in [0.1, 0.15) is 6.04 Å². The molecule has 0 aliphatic carbocycles. The predicted molar refractivity (Wildman–Crippen MR) is 63.8 cm³/mol. The summed E-state index contributed by atoms with van der Waals surface area (Å²) in [5.74, 6) is -1.39. The van der Waals surface area contributed by atoms with Gasteiger partial charge in [0.15, 0.2) is 0 Å². The molecule has 5 nitrogen and oxygen atoms in total. The van der Waals surface area contributed by atoms with Gasteiger partial charge < -0.3 is 14.6 Å². The number of hydrogen-bond donors (Lipinski definition) is 1. The molecule has 0 spiro atoms. The number of aliphatic carboxylic acids is 1. The topological polar surface area (TPSA) is 62.5 Å². The summed E-state index contributed by atoms with van der Waals surface area (Å²) in [7, 11) is 3.34. The third-order valence-electron chi connectivity index (χ3n) is 2.70. The summed E-state index contributed by atoms with van der Waals surface area (Å²) in [6.45, 7) is 3.57. The molecule has 0 fully saturated rings. The summed E-state index contributed by atoms with van der Waals surface area (Å²) in [6.07, 6.45) is 3.43. The Morgan fingerprint density at radius 1 is 1.41 bits per heavy atom. The van der Waals surface area contributed by atoms with Gasteiger partial charge >= 0.3 is 5.97 Å². The number of carbonyl (C=O) groups excluding carboxylic acids is 1. The zero-order valence-electron chi connectivity index (χ0n) is 10.5. The average molecular weight is 238 g/mol. The second-order valence-electron chi connectivity index (χ2n) is 4.51. The van der Waals surface area contributed by atoms with Crippen LogP contribution in [-0.2, 0) is 11.8 Å². The van der Waals surface area contributed by atoms with Crippen molar-refractivity contribution in [3.63, 3.8) is 0 Å². The van der Waals surface area contributed by atoms with Crippen LogP contribution in [0.15, 0.2) is 18.5 Å². The predicted octanol–water partition coefficient (Wildman–Crippen LogP) is 1.21. The quantitative estimate of drug-likeness (QED) is 0.857. The number of hydrogen-bond acceptors (Lipinski definition) is 2. The van der Waals surface area contributed by atoms with E-state index >= 15 is 0 Å². The van der Waals surface area contributed by atoms with Gasteiger partial charge in [0.25, 0.3) is 5.91 Å². The highest BCUT2D eigenvalue weighted by Crippen LogP contribution is 2.13. The summed E-state index contributed by atoms with van der Waals surface area (Å²) >= 11 is 0. The van der Waals surface area contributed by atoms with E-state index < -0.39 is 12.0 Å². The van der Waals surface area contributed by atoms with Crippen LogP contribution in [0.3, 0.4) is 0 Å². The molecule has 1 heterocycles. The molecule has 0 saturated carbocycles. The lowest BCUT2D eigenvalue weighted by Crippen LogP contribution is -2.45. The molecule has 1 aromatic heterocycles. The minimum absolute atomic E-state index is 0.134. The lowest BCUT2D eigenvalue weighted by atomic mass is 10.0. The van der Waals surface area contributed by atoms with E-state index in [9.17, 15) is 9.59 Å². The maximum Gasteiger partial charge on any atom is 0.326 e. The minimum Gasteiger partial charge on any atom is -0.480 e. The van der Waals surface area contributed by atoms with Crippen LogP contribution in [0, 0.1) is 5.92 Å². The Hall–Kier alpha value is -1.78. The SMILES string of the molecule is CC(C)C(C(=O)O)N(C)C(=O)c1ccn(C)c1. The molecule has 0 bridgehead atoms. The highest BCUT2D eigenvalue weighted by molar-refractivity contribution is 5.96. The van der Waals surface area contributed by atoms with Gasteiger partial charge in [-0.15, -0.1) is 0 Å². The number of carboxylic acids is 1. The molecule has 1 aromatic rings. The van der Waals surface area contributed by atoms with Gasteiger partial charge in [-0.05, 0) is 12.0 Å². The number of aromatic nitrogens is 1. The molecule has 1 N–H and O–H groups in total. The van der Waals surface area contributed by atoms with Crippen molar-refractivity contribution in [3.05, 3.63) is 24.0 Å². The Kier molecular flexibility index (Phi) is 3.93. The van der Waals surface area contributed by atoms with Gasteiger partial charge in [-0.1, -0.05) is 13.8 Å². The first kappa shape index (κ1) is 13.3. The van der Waals surface area contributed by atoms with E-state index in [-0.39, 0.29) is 11.8 Å². The lowest BCUT2D eigenvalue weighted by Gasteiger charge is -2.27. The van der Waals surface area contributed by atoms with Gasteiger partial charge in [-0.3, -0.25) is 4.79 Å². The average Bonchev–Trinajstić information content (AvgIpc) is 2.62. The number of nitrogens with zero attached hydrogens (tertiary/aromatic N) is 2. The molecule has 0 radical (unpaired) electrons. The Morgan fingerprint density at radius 3 is 2.35 bits per heavy atom. The molecular formula is C12H18N2O3. The normalized spacial score (nSPS) is 12.5. The largest absolute Gasteiger partial charge is 0.480 e. The van der Waals surface area contributed by atoms with Crippen molar-refractivity contribution in [2.45, 2.75) is 19.9 Å². The molecule has 1 atom stereocenters. The first-order chi connectivity index (χ1) is 7.84. The monoisotopic (exact) mass is 238 g/mol. The van der Waals surface area contributed by atoms with Crippen LogP contribution < -0.4 is 0 Å². The van der Waals surface area contributed by atoms with E-state index in [2.05, 4.69) is 0 Å². The van der Waals surface area contributed by atoms with Gasteiger partial charge in [0, 0.05) is 26.5 Å². The Labute approximate surface area is 101 Å². The molecule has 17 heavy (non-hydrogen) atoms.